The Balaban J connectivity index is 2.35. The van der Waals surface area contributed by atoms with Crippen LogP contribution in [0.5, 0.6) is 0 Å². The first kappa shape index (κ1) is 12.8. The highest BCUT2D eigenvalue weighted by molar-refractivity contribution is 6.31. The molecular formula is C15H7ClF2O2. The summed E-state index contributed by atoms with van der Waals surface area (Å²) in [5.74, 6) is -1.33. The van der Waals surface area contributed by atoms with Gasteiger partial charge in [0, 0.05) is 10.6 Å². The lowest BCUT2D eigenvalue weighted by molar-refractivity contribution is 0.593. The molecule has 0 unspecified atom stereocenters. The third-order valence-electron chi connectivity index (χ3n) is 2.95. The largest absolute Gasteiger partial charge is 0.463 e. The number of halogens is 3. The molecule has 0 radical (unpaired) electrons. The number of fused-ring (bicyclic) bond motifs is 1. The van der Waals surface area contributed by atoms with E-state index in [9.17, 15) is 13.6 Å². The van der Waals surface area contributed by atoms with Crippen molar-refractivity contribution in [2.24, 2.45) is 0 Å². The molecule has 0 aliphatic rings. The van der Waals surface area contributed by atoms with Crippen molar-refractivity contribution in [3.8, 4) is 11.1 Å². The second kappa shape index (κ2) is 4.72. The van der Waals surface area contributed by atoms with Crippen LogP contribution in [-0.4, -0.2) is 0 Å². The van der Waals surface area contributed by atoms with Gasteiger partial charge in [-0.1, -0.05) is 11.6 Å². The third kappa shape index (κ3) is 2.08. The summed E-state index contributed by atoms with van der Waals surface area (Å²) in [6.45, 7) is 0. The van der Waals surface area contributed by atoms with Gasteiger partial charge in [-0.25, -0.2) is 8.78 Å². The van der Waals surface area contributed by atoms with Crippen LogP contribution in [0.15, 0.2) is 51.9 Å². The SMILES string of the molecule is O=c1c(-c2cc(F)ccc2F)coc2ccc(Cl)cc12. The first-order valence-corrected chi connectivity index (χ1v) is 6.10. The van der Waals surface area contributed by atoms with E-state index in [4.69, 9.17) is 16.0 Å². The van der Waals surface area contributed by atoms with Gasteiger partial charge in [-0.2, -0.15) is 0 Å². The summed E-state index contributed by atoms with van der Waals surface area (Å²) in [6.07, 6.45) is 1.12. The second-order valence-corrected chi connectivity index (χ2v) is 4.68. The maximum Gasteiger partial charge on any atom is 0.200 e. The van der Waals surface area contributed by atoms with Gasteiger partial charge in [-0.3, -0.25) is 4.79 Å². The van der Waals surface area contributed by atoms with Crippen molar-refractivity contribution in [1.29, 1.82) is 0 Å². The van der Waals surface area contributed by atoms with Gasteiger partial charge in [-0.15, -0.1) is 0 Å². The van der Waals surface area contributed by atoms with E-state index in [1.54, 1.807) is 12.1 Å². The average Bonchev–Trinajstić information content (AvgIpc) is 2.43. The highest BCUT2D eigenvalue weighted by Crippen LogP contribution is 2.24. The zero-order valence-corrected chi connectivity index (χ0v) is 10.7. The highest BCUT2D eigenvalue weighted by Gasteiger charge is 2.14. The fourth-order valence-corrected chi connectivity index (χ4v) is 2.17. The first-order chi connectivity index (χ1) is 9.56. The number of rotatable bonds is 1. The Morgan fingerprint density at radius 2 is 1.80 bits per heavy atom. The molecule has 2 nitrogen and oxygen atoms in total. The maximum atomic E-state index is 13.7. The standard InChI is InChI=1S/C15H7ClF2O2/c16-8-1-4-14-11(5-8)15(19)12(7-20-14)10-6-9(17)2-3-13(10)18/h1-7H. The van der Waals surface area contributed by atoms with Crippen LogP contribution in [0.25, 0.3) is 22.1 Å². The maximum absolute atomic E-state index is 13.7. The van der Waals surface area contributed by atoms with Gasteiger partial charge < -0.3 is 4.42 Å². The van der Waals surface area contributed by atoms with Gasteiger partial charge in [0.15, 0.2) is 0 Å². The molecule has 2 aromatic carbocycles. The van der Waals surface area contributed by atoms with Crippen LogP contribution >= 0.6 is 11.6 Å². The summed E-state index contributed by atoms with van der Waals surface area (Å²) >= 11 is 5.83. The lowest BCUT2D eigenvalue weighted by atomic mass is 10.0. The molecule has 0 bridgehead atoms. The Labute approximate surface area is 117 Å². The zero-order chi connectivity index (χ0) is 14.3. The van der Waals surface area contributed by atoms with Crippen LogP contribution in [0.3, 0.4) is 0 Å². The topological polar surface area (TPSA) is 30.2 Å². The van der Waals surface area contributed by atoms with E-state index < -0.39 is 17.1 Å². The van der Waals surface area contributed by atoms with Crippen molar-refractivity contribution < 1.29 is 13.2 Å². The number of hydrogen-bond donors (Lipinski definition) is 0. The van der Waals surface area contributed by atoms with Gasteiger partial charge in [0.05, 0.1) is 10.9 Å². The Hall–Kier alpha value is -2.20. The summed E-state index contributed by atoms with van der Waals surface area (Å²) < 4.78 is 32.2. The number of benzene rings is 2. The summed E-state index contributed by atoms with van der Waals surface area (Å²) in [5.41, 5.74) is -0.310. The molecule has 0 aliphatic carbocycles. The van der Waals surface area contributed by atoms with Crippen LogP contribution in [0.2, 0.25) is 5.02 Å². The van der Waals surface area contributed by atoms with Crippen molar-refractivity contribution >= 4 is 22.6 Å². The molecule has 3 aromatic rings. The number of hydrogen-bond acceptors (Lipinski definition) is 2. The molecule has 0 spiro atoms. The van der Waals surface area contributed by atoms with Gasteiger partial charge in [-0.05, 0) is 36.4 Å². The fourth-order valence-electron chi connectivity index (χ4n) is 1.99. The molecule has 0 N–H and O–H groups in total. The molecule has 100 valence electrons. The van der Waals surface area contributed by atoms with Crippen molar-refractivity contribution in [2.75, 3.05) is 0 Å². The van der Waals surface area contributed by atoms with Crippen LogP contribution < -0.4 is 5.43 Å². The molecule has 3 rings (SSSR count). The minimum atomic E-state index is -0.694. The molecule has 0 fully saturated rings. The average molecular weight is 293 g/mol. The van der Waals surface area contributed by atoms with Crippen molar-refractivity contribution in [3.63, 3.8) is 0 Å². The molecule has 1 aromatic heterocycles. The second-order valence-electron chi connectivity index (χ2n) is 4.24. The van der Waals surface area contributed by atoms with Crippen molar-refractivity contribution in [1.82, 2.24) is 0 Å². The lowest BCUT2D eigenvalue weighted by Crippen LogP contribution is -2.06. The Morgan fingerprint density at radius 3 is 2.60 bits per heavy atom. The van der Waals surface area contributed by atoms with Gasteiger partial charge in [0.2, 0.25) is 5.43 Å². The third-order valence-corrected chi connectivity index (χ3v) is 3.19. The molecule has 5 heteroatoms. The quantitative estimate of drug-likeness (QED) is 0.666. The smallest absolute Gasteiger partial charge is 0.200 e. The molecule has 0 atom stereocenters. The Kier molecular flexibility index (Phi) is 3.03. The van der Waals surface area contributed by atoms with Crippen molar-refractivity contribution in [3.05, 3.63) is 69.5 Å². The predicted octanol–water partition coefficient (Wildman–Crippen LogP) is 4.39. The first-order valence-electron chi connectivity index (χ1n) is 5.73. The van der Waals surface area contributed by atoms with Gasteiger partial charge in [0.1, 0.15) is 23.5 Å². The van der Waals surface area contributed by atoms with E-state index in [0.29, 0.717) is 10.6 Å². The predicted molar refractivity (Wildman–Crippen MR) is 72.8 cm³/mol. The van der Waals surface area contributed by atoms with Crippen molar-refractivity contribution in [2.45, 2.75) is 0 Å². The van der Waals surface area contributed by atoms with E-state index in [1.807, 2.05) is 0 Å². The fraction of sp³-hybridized carbons (Fsp3) is 0. The highest BCUT2D eigenvalue weighted by atomic mass is 35.5. The van der Waals surface area contributed by atoms with E-state index in [1.165, 1.54) is 6.07 Å². The van der Waals surface area contributed by atoms with E-state index in [2.05, 4.69) is 0 Å². The molecule has 20 heavy (non-hydrogen) atoms. The van der Waals surface area contributed by atoms with Crippen LogP contribution in [0, 0.1) is 11.6 Å². The summed E-state index contributed by atoms with van der Waals surface area (Å²) in [5, 5.41) is 0.584. The van der Waals surface area contributed by atoms with Crippen LogP contribution in [0.4, 0.5) is 8.78 Å². The molecule has 0 saturated heterocycles. The normalized spacial score (nSPS) is 10.9. The van der Waals surface area contributed by atoms with E-state index >= 15 is 0 Å². The van der Waals surface area contributed by atoms with Gasteiger partial charge in [0.25, 0.3) is 0 Å². The van der Waals surface area contributed by atoms with Gasteiger partial charge >= 0.3 is 0 Å². The summed E-state index contributed by atoms with van der Waals surface area (Å²) in [4.78, 5) is 12.3. The van der Waals surface area contributed by atoms with E-state index in [-0.39, 0.29) is 16.5 Å². The summed E-state index contributed by atoms with van der Waals surface area (Å²) in [7, 11) is 0. The molecule has 0 saturated carbocycles. The Morgan fingerprint density at radius 1 is 1.00 bits per heavy atom. The molecular weight excluding hydrogens is 286 g/mol. The minimum absolute atomic E-state index is 0.0447. The Bertz CT molecular complexity index is 871. The lowest BCUT2D eigenvalue weighted by Gasteiger charge is -2.04. The molecule has 0 amide bonds. The molecule has 1 heterocycles. The van der Waals surface area contributed by atoms with Crippen LogP contribution in [0.1, 0.15) is 0 Å². The minimum Gasteiger partial charge on any atom is -0.463 e. The van der Waals surface area contributed by atoms with Crippen LogP contribution in [-0.2, 0) is 0 Å². The van der Waals surface area contributed by atoms with E-state index in [0.717, 1.165) is 24.5 Å². The summed E-state index contributed by atoms with van der Waals surface area (Å²) in [6, 6.07) is 7.46. The monoisotopic (exact) mass is 292 g/mol. The zero-order valence-electron chi connectivity index (χ0n) is 9.99. The molecule has 0 aliphatic heterocycles.